The molecule has 0 spiro atoms. The Morgan fingerprint density at radius 3 is 2.48 bits per heavy atom. The highest BCUT2D eigenvalue weighted by atomic mass is 16.3. The number of carbonyl (C=O) groups is 3. The van der Waals surface area contributed by atoms with Crippen LogP contribution < -0.4 is 5.32 Å². The first-order chi connectivity index (χ1) is 14.7. The van der Waals surface area contributed by atoms with E-state index in [0.717, 1.165) is 18.4 Å². The van der Waals surface area contributed by atoms with Gasteiger partial charge in [0.2, 0.25) is 5.91 Å². The van der Waals surface area contributed by atoms with Crippen molar-refractivity contribution in [2.45, 2.75) is 83.3 Å². The van der Waals surface area contributed by atoms with Crippen LogP contribution in [0.3, 0.4) is 0 Å². The van der Waals surface area contributed by atoms with Gasteiger partial charge in [0.05, 0.1) is 6.04 Å². The lowest BCUT2D eigenvalue weighted by Gasteiger charge is -2.38. The van der Waals surface area contributed by atoms with Crippen LogP contribution in [0, 0.1) is 5.41 Å². The maximum atomic E-state index is 13.7. The lowest BCUT2D eigenvalue weighted by Crippen LogP contribution is -2.63. The van der Waals surface area contributed by atoms with Crippen molar-refractivity contribution in [3.05, 3.63) is 35.9 Å². The summed E-state index contributed by atoms with van der Waals surface area (Å²) in [5, 5.41) is 13.1. The fourth-order valence-electron chi connectivity index (χ4n) is 5.12. The summed E-state index contributed by atoms with van der Waals surface area (Å²) in [4.78, 5) is 41.2. The van der Waals surface area contributed by atoms with E-state index in [-0.39, 0.29) is 29.6 Å². The van der Waals surface area contributed by atoms with Crippen LogP contribution in [0.2, 0.25) is 0 Å². The number of carbonyl (C=O) groups excluding carboxylic acids is 3. The highest BCUT2D eigenvalue weighted by Crippen LogP contribution is 2.37. The lowest BCUT2D eigenvalue weighted by molar-refractivity contribution is -0.153. The van der Waals surface area contributed by atoms with E-state index in [0.29, 0.717) is 32.2 Å². The zero-order valence-corrected chi connectivity index (χ0v) is 19.0. The number of Topliss-reactive ketones (excluding diaryl/α,β-unsaturated/α-hetero) is 2. The van der Waals surface area contributed by atoms with Gasteiger partial charge in [0.1, 0.15) is 6.61 Å². The number of rotatable bonds is 8. The van der Waals surface area contributed by atoms with Crippen molar-refractivity contribution in [2.24, 2.45) is 5.41 Å². The van der Waals surface area contributed by atoms with Crippen molar-refractivity contribution in [1.82, 2.24) is 10.2 Å². The molecule has 31 heavy (non-hydrogen) atoms. The Kier molecular flexibility index (Phi) is 7.32. The molecule has 2 N–H and O–H groups in total. The number of nitrogens with zero attached hydrogens (tertiary/aromatic N) is 1. The van der Waals surface area contributed by atoms with Gasteiger partial charge in [-0.15, -0.1) is 0 Å². The number of ketones is 2. The van der Waals surface area contributed by atoms with Crippen LogP contribution in [-0.4, -0.2) is 58.3 Å². The second kappa shape index (κ2) is 9.61. The predicted molar refractivity (Wildman–Crippen MR) is 120 cm³/mol. The maximum absolute atomic E-state index is 13.7. The first-order valence-electron chi connectivity index (χ1n) is 11.5. The van der Waals surface area contributed by atoms with E-state index < -0.39 is 24.0 Å². The topological polar surface area (TPSA) is 86.7 Å². The third-order valence-corrected chi connectivity index (χ3v) is 6.90. The van der Waals surface area contributed by atoms with Crippen LogP contribution in [0.1, 0.15) is 64.9 Å². The molecule has 0 bridgehead atoms. The Morgan fingerprint density at radius 2 is 1.87 bits per heavy atom. The van der Waals surface area contributed by atoms with Gasteiger partial charge < -0.3 is 15.3 Å². The van der Waals surface area contributed by atoms with Crippen LogP contribution in [0.15, 0.2) is 30.3 Å². The molecule has 0 aromatic heterocycles. The first kappa shape index (κ1) is 23.6. The van der Waals surface area contributed by atoms with Gasteiger partial charge in [0, 0.05) is 19.0 Å². The first-order valence-corrected chi connectivity index (χ1v) is 11.5. The fraction of sp³-hybridized carbons (Fsp3) is 0.640. The van der Waals surface area contributed by atoms with Crippen molar-refractivity contribution in [2.75, 3.05) is 13.2 Å². The molecule has 2 aliphatic heterocycles. The smallest absolute Gasteiger partial charge is 0.223 e. The number of nitrogens with one attached hydrogen (secondary N) is 1. The van der Waals surface area contributed by atoms with Crippen LogP contribution in [0.4, 0.5) is 0 Å². The molecule has 3 atom stereocenters. The summed E-state index contributed by atoms with van der Waals surface area (Å²) in [6, 6.07) is 9.68. The number of hydrogen-bond donors (Lipinski definition) is 2. The standard InChI is InChI=1S/C25H36N2O4/c1-24(2,3)20-14-13-19(26-20)23(31)25(21(29)17-28)15-8-16-27(25)22(30)12-7-11-18-9-5-4-6-10-18/h4-6,9-10,19-20,26,28H,7-8,11-17H2,1-3H3/t19-,20?,25?/m0/s1. The van der Waals surface area contributed by atoms with E-state index in [2.05, 4.69) is 26.1 Å². The molecule has 6 nitrogen and oxygen atoms in total. The van der Waals surface area contributed by atoms with Gasteiger partial charge >= 0.3 is 0 Å². The summed E-state index contributed by atoms with van der Waals surface area (Å²) in [6.07, 6.45) is 4.11. The lowest BCUT2D eigenvalue weighted by atomic mass is 9.82. The van der Waals surface area contributed by atoms with Crippen LogP contribution in [0.25, 0.3) is 0 Å². The van der Waals surface area contributed by atoms with Crippen molar-refractivity contribution in [1.29, 1.82) is 0 Å². The molecule has 170 valence electrons. The number of likely N-dealkylation sites (tertiary alicyclic amines) is 1. The summed E-state index contributed by atoms with van der Waals surface area (Å²) in [7, 11) is 0. The van der Waals surface area contributed by atoms with E-state index >= 15 is 0 Å². The Hall–Kier alpha value is -2.05. The molecule has 2 saturated heterocycles. The van der Waals surface area contributed by atoms with E-state index in [1.165, 1.54) is 4.90 Å². The third-order valence-electron chi connectivity index (χ3n) is 6.90. The number of aliphatic hydroxyl groups excluding tert-OH is 1. The molecule has 2 unspecified atom stereocenters. The van der Waals surface area contributed by atoms with E-state index in [1.54, 1.807) is 0 Å². The molecule has 3 rings (SSSR count). The Labute approximate surface area is 185 Å². The van der Waals surface area contributed by atoms with E-state index in [1.807, 2.05) is 30.3 Å². The molecule has 0 radical (unpaired) electrons. The largest absolute Gasteiger partial charge is 0.388 e. The van der Waals surface area contributed by atoms with Gasteiger partial charge in [-0.05, 0) is 49.5 Å². The molecular formula is C25H36N2O4. The van der Waals surface area contributed by atoms with Gasteiger partial charge in [0.15, 0.2) is 17.1 Å². The molecule has 2 fully saturated rings. The van der Waals surface area contributed by atoms with Crippen LogP contribution in [0.5, 0.6) is 0 Å². The number of amides is 1. The molecular weight excluding hydrogens is 392 g/mol. The van der Waals surface area contributed by atoms with Crippen molar-refractivity contribution >= 4 is 17.5 Å². The van der Waals surface area contributed by atoms with Crippen molar-refractivity contribution < 1.29 is 19.5 Å². The number of benzene rings is 1. The van der Waals surface area contributed by atoms with Crippen molar-refractivity contribution in [3.8, 4) is 0 Å². The molecule has 2 aliphatic rings. The average Bonchev–Trinajstić information content (AvgIpc) is 3.41. The van der Waals surface area contributed by atoms with Gasteiger partial charge in [-0.2, -0.15) is 0 Å². The summed E-state index contributed by atoms with van der Waals surface area (Å²) in [5.74, 6) is -0.964. The third kappa shape index (κ3) is 4.90. The van der Waals surface area contributed by atoms with Gasteiger partial charge in [0.25, 0.3) is 0 Å². The highest BCUT2D eigenvalue weighted by Gasteiger charge is 2.56. The molecule has 2 heterocycles. The van der Waals surface area contributed by atoms with Crippen LogP contribution >= 0.6 is 0 Å². The summed E-state index contributed by atoms with van der Waals surface area (Å²) in [6.45, 7) is 6.05. The van der Waals surface area contributed by atoms with Gasteiger partial charge in [-0.3, -0.25) is 14.4 Å². The molecule has 0 saturated carbocycles. The quantitative estimate of drug-likeness (QED) is 0.622. The second-order valence-electron chi connectivity index (χ2n) is 10.0. The number of hydrogen-bond acceptors (Lipinski definition) is 5. The minimum Gasteiger partial charge on any atom is -0.388 e. The zero-order valence-electron chi connectivity index (χ0n) is 19.0. The van der Waals surface area contributed by atoms with Crippen LogP contribution in [-0.2, 0) is 20.8 Å². The average molecular weight is 429 g/mol. The Balaban J connectivity index is 1.74. The minimum absolute atomic E-state index is 0.00576. The van der Waals surface area contributed by atoms with E-state index in [9.17, 15) is 19.5 Å². The summed E-state index contributed by atoms with van der Waals surface area (Å²) in [5.41, 5.74) is -0.358. The number of aliphatic hydroxyl groups is 1. The second-order valence-corrected chi connectivity index (χ2v) is 10.0. The fourth-order valence-corrected chi connectivity index (χ4v) is 5.12. The number of aryl methyl sites for hydroxylation is 1. The van der Waals surface area contributed by atoms with Gasteiger partial charge in [-0.1, -0.05) is 51.1 Å². The SMILES string of the molecule is CC(C)(C)C1CC[C@@H](C(=O)C2(C(=O)CO)CCCN2C(=O)CCCc2ccccc2)N1. The van der Waals surface area contributed by atoms with Gasteiger partial charge in [-0.25, -0.2) is 0 Å². The zero-order chi connectivity index (χ0) is 22.6. The summed E-state index contributed by atoms with van der Waals surface area (Å²) < 4.78 is 0. The minimum atomic E-state index is -1.52. The maximum Gasteiger partial charge on any atom is 0.223 e. The normalized spacial score (nSPS) is 26.3. The van der Waals surface area contributed by atoms with Crippen molar-refractivity contribution in [3.63, 3.8) is 0 Å². The molecule has 6 heteroatoms. The highest BCUT2D eigenvalue weighted by molar-refractivity contribution is 6.16. The molecule has 1 aromatic rings. The predicted octanol–water partition coefficient (Wildman–Crippen LogP) is 2.67. The monoisotopic (exact) mass is 428 g/mol. The molecule has 1 amide bonds. The Morgan fingerprint density at radius 1 is 1.16 bits per heavy atom. The molecule has 1 aromatic carbocycles. The van der Waals surface area contributed by atoms with E-state index in [4.69, 9.17) is 0 Å². The molecule has 0 aliphatic carbocycles. The Bertz CT molecular complexity index is 801. The summed E-state index contributed by atoms with van der Waals surface area (Å²) >= 11 is 0.